The van der Waals surface area contributed by atoms with Crippen LogP contribution in [0.15, 0.2) is 73.4 Å². The fourth-order valence-corrected chi connectivity index (χ4v) is 6.00. The lowest BCUT2D eigenvalue weighted by Gasteiger charge is -2.22. The molecular weight excluding hydrogens is 664 g/mol. The van der Waals surface area contributed by atoms with Gasteiger partial charge in [0.1, 0.15) is 5.82 Å². The van der Waals surface area contributed by atoms with Crippen molar-refractivity contribution in [3.63, 3.8) is 0 Å². The quantitative estimate of drug-likeness (QED) is 0.182. The first-order valence-electron chi connectivity index (χ1n) is 14.0. The Bertz CT molecular complexity index is 1680. The van der Waals surface area contributed by atoms with Crippen molar-refractivity contribution in [2.45, 2.75) is 51.9 Å². The number of anilines is 1. The van der Waals surface area contributed by atoms with Gasteiger partial charge in [-0.1, -0.05) is 52.9 Å². The minimum absolute atomic E-state index is 0.171. The number of carbonyl (C=O) groups is 1. The van der Waals surface area contributed by atoms with Crippen molar-refractivity contribution >= 4 is 60.6 Å². The van der Waals surface area contributed by atoms with E-state index in [4.69, 9.17) is 14.5 Å². The van der Waals surface area contributed by atoms with Crippen LogP contribution in [-0.4, -0.2) is 35.0 Å². The Morgan fingerprint density at radius 3 is 2.57 bits per heavy atom. The third-order valence-corrected chi connectivity index (χ3v) is 8.22. The number of nitrogens with one attached hydrogen (secondary N) is 1. The van der Waals surface area contributed by atoms with Gasteiger partial charge in [-0.15, -0.1) is 0 Å². The molecule has 8 nitrogen and oxygen atoms in total. The van der Waals surface area contributed by atoms with Gasteiger partial charge < -0.3 is 14.8 Å². The van der Waals surface area contributed by atoms with Crippen molar-refractivity contribution < 1.29 is 14.3 Å². The Morgan fingerprint density at radius 2 is 1.83 bits per heavy atom. The van der Waals surface area contributed by atoms with E-state index in [-0.39, 0.29) is 24.0 Å². The Hall–Kier alpha value is -3.50. The summed E-state index contributed by atoms with van der Waals surface area (Å²) in [6.45, 7) is 4.06. The second-order valence-corrected chi connectivity index (χ2v) is 12.1. The zero-order chi connectivity index (χ0) is 29.6. The van der Waals surface area contributed by atoms with Gasteiger partial charge in [0.25, 0.3) is 11.5 Å². The highest BCUT2D eigenvalue weighted by Gasteiger charge is 2.23. The van der Waals surface area contributed by atoms with Crippen LogP contribution in [0.3, 0.4) is 0 Å². The molecule has 0 bridgehead atoms. The number of hydrogen-bond donors (Lipinski definition) is 1. The first-order chi connectivity index (χ1) is 20.3. The molecule has 1 heterocycles. The van der Waals surface area contributed by atoms with Gasteiger partial charge in [-0.05, 0) is 90.6 Å². The van der Waals surface area contributed by atoms with E-state index in [1.54, 1.807) is 18.3 Å². The minimum Gasteiger partial charge on any atom is -0.490 e. The lowest BCUT2D eigenvalue weighted by atomic mass is 9.88. The van der Waals surface area contributed by atoms with Crippen molar-refractivity contribution in [3.05, 3.63) is 90.8 Å². The molecule has 1 N–H and O–H groups in total. The molecule has 0 aliphatic heterocycles. The molecule has 0 spiro atoms. The van der Waals surface area contributed by atoms with Crippen LogP contribution < -0.4 is 20.3 Å². The molecule has 218 valence electrons. The number of rotatable bonds is 9. The Kier molecular flexibility index (Phi) is 9.74. The summed E-state index contributed by atoms with van der Waals surface area (Å²) in [6, 6.07) is 16.7. The maximum absolute atomic E-state index is 13.6. The normalized spacial score (nSPS) is 13.9. The summed E-state index contributed by atoms with van der Waals surface area (Å²) in [5.74, 6) is 1.43. The maximum Gasteiger partial charge on any atom is 0.282 e. The third-order valence-electron chi connectivity index (χ3n) is 7.14. The number of aryl methyl sites for hydroxylation is 1. The highest BCUT2D eigenvalue weighted by atomic mass is 79.9. The second kappa shape index (κ2) is 13.6. The monoisotopic (exact) mass is 694 g/mol. The summed E-state index contributed by atoms with van der Waals surface area (Å²) in [5, 5.41) is 7.99. The van der Waals surface area contributed by atoms with E-state index in [1.165, 1.54) is 11.1 Å². The highest BCUT2D eigenvalue weighted by Crippen LogP contribution is 2.37. The van der Waals surface area contributed by atoms with Crippen molar-refractivity contribution in [3.8, 4) is 11.5 Å². The van der Waals surface area contributed by atoms with Gasteiger partial charge in [0.15, 0.2) is 18.1 Å². The van der Waals surface area contributed by atoms with Gasteiger partial charge in [-0.25, -0.2) is 4.98 Å². The Morgan fingerprint density at radius 1 is 1.07 bits per heavy atom. The van der Waals surface area contributed by atoms with Crippen molar-refractivity contribution in [1.82, 2.24) is 9.66 Å². The molecule has 0 atom stereocenters. The van der Waals surface area contributed by atoms with Crippen LogP contribution in [0.5, 0.6) is 11.5 Å². The van der Waals surface area contributed by atoms with Crippen LogP contribution in [0.2, 0.25) is 0 Å². The van der Waals surface area contributed by atoms with E-state index in [0.717, 1.165) is 35.7 Å². The smallest absolute Gasteiger partial charge is 0.282 e. The van der Waals surface area contributed by atoms with Gasteiger partial charge in [0, 0.05) is 16.1 Å². The topological polar surface area (TPSA) is 94.8 Å². The Balaban J connectivity index is 1.43. The summed E-state index contributed by atoms with van der Waals surface area (Å²) in [7, 11) is 0. The average molecular weight is 696 g/mol. The van der Waals surface area contributed by atoms with Gasteiger partial charge in [0.05, 0.1) is 28.2 Å². The molecule has 1 aliphatic carbocycles. The molecule has 42 heavy (non-hydrogen) atoms. The highest BCUT2D eigenvalue weighted by molar-refractivity contribution is 9.10. The number of ether oxygens (including phenoxy) is 2. The van der Waals surface area contributed by atoms with Gasteiger partial charge >= 0.3 is 0 Å². The van der Waals surface area contributed by atoms with Crippen LogP contribution >= 0.6 is 31.9 Å². The zero-order valence-corrected chi connectivity index (χ0v) is 26.7. The van der Waals surface area contributed by atoms with Crippen LogP contribution in [-0.2, 0) is 4.79 Å². The van der Waals surface area contributed by atoms with Crippen LogP contribution in [0.1, 0.15) is 61.9 Å². The number of nitrogens with zero attached hydrogens (tertiary/aromatic N) is 3. The molecule has 10 heteroatoms. The fourth-order valence-electron chi connectivity index (χ4n) is 5.06. The summed E-state index contributed by atoms with van der Waals surface area (Å²) in [6.07, 6.45) is 7.00. The molecule has 1 aliphatic rings. The molecule has 0 radical (unpaired) electrons. The molecule has 0 saturated heterocycles. The molecule has 3 aromatic carbocycles. The molecule has 1 saturated carbocycles. The molecule has 0 unspecified atom stereocenters. The van der Waals surface area contributed by atoms with E-state index >= 15 is 0 Å². The Labute approximate surface area is 261 Å². The standard InChI is InChI=1S/C32H32Br2N4O4/c1-3-41-28-16-21(15-26(34)30(28)42-19-29(39)36-24-12-9-20(2)10-13-24)18-35-38-31(22-7-5-4-6-8-22)37-27-14-11-23(33)17-25(27)32(38)40/h9-18,22H,3-8,19H2,1-2H3,(H,36,39). The molecule has 4 aromatic rings. The van der Waals surface area contributed by atoms with E-state index in [9.17, 15) is 9.59 Å². The molecule has 5 rings (SSSR count). The fraction of sp³-hybridized carbons (Fsp3) is 0.312. The van der Waals surface area contributed by atoms with E-state index in [2.05, 4.69) is 42.3 Å². The van der Waals surface area contributed by atoms with Crippen molar-refractivity contribution in [2.24, 2.45) is 5.10 Å². The average Bonchev–Trinajstić information content (AvgIpc) is 2.98. The van der Waals surface area contributed by atoms with Gasteiger partial charge in [-0.2, -0.15) is 9.78 Å². The number of aromatic nitrogens is 2. The maximum atomic E-state index is 13.6. The molecule has 1 aromatic heterocycles. The summed E-state index contributed by atoms with van der Waals surface area (Å²) < 4.78 is 14.6. The summed E-state index contributed by atoms with van der Waals surface area (Å²) in [5.41, 5.74) is 2.96. The second-order valence-electron chi connectivity index (χ2n) is 10.3. The first-order valence-corrected chi connectivity index (χ1v) is 15.6. The third kappa shape index (κ3) is 7.10. The van der Waals surface area contributed by atoms with Crippen molar-refractivity contribution in [1.29, 1.82) is 0 Å². The van der Waals surface area contributed by atoms with Crippen molar-refractivity contribution in [2.75, 3.05) is 18.5 Å². The predicted octanol–water partition coefficient (Wildman–Crippen LogP) is 7.58. The number of halogens is 2. The number of fused-ring (bicyclic) bond motifs is 1. The van der Waals surface area contributed by atoms with E-state index in [0.29, 0.717) is 50.6 Å². The lowest BCUT2D eigenvalue weighted by molar-refractivity contribution is -0.118. The summed E-state index contributed by atoms with van der Waals surface area (Å²) >= 11 is 7.04. The SMILES string of the molecule is CCOc1cc(C=Nn2c(C3CCCCC3)nc3ccc(Br)cc3c2=O)cc(Br)c1OCC(=O)Nc1ccc(C)cc1. The number of carbonyl (C=O) groups excluding carboxylic acids is 1. The largest absolute Gasteiger partial charge is 0.490 e. The number of hydrogen-bond acceptors (Lipinski definition) is 6. The van der Waals surface area contributed by atoms with Crippen LogP contribution in [0, 0.1) is 6.92 Å². The van der Waals surface area contributed by atoms with E-state index in [1.807, 2.05) is 56.3 Å². The molecular formula is C32H32Br2N4O4. The number of amides is 1. The molecule has 1 amide bonds. The van der Waals surface area contributed by atoms with Crippen LogP contribution in [0.25, 0.3) is 10.9 Å². The molecule has 1 fully saturated rings. The number of benzene rings is 3. The van der Waals surface area contributed by atoms with Crippen LogP contribution in [0.4, 0.5) is 5.69 Å². The minimum atomic E-state index is -0.288. The van der Waals surface area contributed by atoms with E-state index < -0.39 is 0 Å². The van der Waals surface area contributed by atoms with Gasteiger partial charge in [0.2, 0.25) is 0 Å². The lowest BCUT2D eigenvalue weighted by Crippen LogP contribution is -2.25. The summed E-state index contributed by atoms with van der Waals surface area (Å²) in [4.78, 5) is 31.1. The zero-order valence-electron chi connectivity index (χ0n) is 23.5. The predicted molar refractivity (Wildman–Crippen MR) is 173 cm³/mol. The first kappa shape index (κ1) is 30.0. The van der Waals surface area contributed by atoms with Gasteiger partial charge in [-0.3, -0.25) is 9.59 Å².